The smallest absolute Gasteiger partial charge is 0.344 e. The maximum atomic E-state index is 13.2. The molecule has 3 aromatic rings. The first-order valence-electron chi connectivity index (χ1n) is 11.0. The van der Waals surface area contributed by atoms with Crippen LogP contribution in [0, 0.1) is 6.92 Å². The highest BCUT2D eigenvalue weighted by Crippen LogP contribution is 2.48. The van der Waals surface area contributed by atoms with Crippen molar-refractivity contribution in [1.82, 2.24) is 5.32 Å². The summed E-state index contributed by atoms with van der Waals surface area (Å²) < 4.78 is 12.0. The van der Waals surface area contributed by atoms with Crippen molar-refractivity contribution in [2.24, 2.45) is 0 Å². The van der Waals surface area contributed by atoms with Crippen molar-refractivity contribution in [3.8, 4) is 11.1 Å². The van der Waals surface area contributed by atoms with Gasteiger partial charge in [0, 0.05) is 5.69 Å². The zero-order valence-corrected chi connectivity index (χ0v) is 20.6. The van der Waals surface area contributed by atoms with E-state index in [1.165, 1.54) is 26.0 Å². The van der Waals surface area contributed by atoms with Gasteiger partial charge in [-0.3, -0.25) is 14.7 Å². The molecule has 0 heterocycles. The van der Waals surface area contributed by atoms with E-state index in [1.807, 2.05) is 54.6 Å². The summed E-state index contributed by atoms with van der Waals surface area (Å²) in [7, 11) is -4.58. The van der Waals surface area contributed by atoms with Crippen LogP contribution in [-0.2, 0) is 15.8 Å². The first-order chi connectivity index (χ1) is 16.4. The second-order valence-corrected chi connectivity index (χ2v) is 11.1. The van der Waals surface area contributed by atoms with Crippen molar-refractivity contribution < 1.29 is 29.0 Å². The average molecular weight is 497 g/mol. The summed E-state index contributed by atoms with van der Waals surface area (Å²) in [6.07, 6.45) is 0.177. The fourth-order valence-electron chi connectivity index (χ4n) is 3.63. The average Bonchev–Trinajstić information content (AvgIpc) is 2.78. The molecule has 35 heavy (non-hydrogen) atoms. The summed E-state index contributed by atoms with van der Waals surface area (Å²) in [5, 5.41) is 13.1. The van der Waals surface area contributed by atoms with Crippen molar-refractivity contribution in [3.63, 3.8) is 0 Å². The largest absolute Gasteiger partial charge is 0.478 e. The molecule has 0 saturated carbocycles. The van der Waals surface area contributed by atoms with E-state index in [9.17, 15) is 29.0 Å². The van der Waals surface area contributed by atoms with Gasteiger partial charge in [-0.2, -0.15) is 0 Å². The third-order valence-electron chi connectivity index (χ3n) is 5.80. The van der Waals surface area contributed by atoms with Gasteiger partial charge in [0.05, 0.1) is 11.6 Å². The predicted molar refractivity (Wildman–Crippen MR) is 135 cm³/mol. The number of benzene rings is 3. The molecule has 0 spiro atoms. The number of carboxylic acids is 1. The molecule has 8 nitrogen and oxygen atoms in total. The van der Waals surface area contributed by atoms with Gasteiger partial charge in [0.15, 0.2) is 0 Å². The number of carboxylic acid groups (broad SMARTS) is 1. The fraction of sp³-hybridized carbons (Fsp3) is 0.231. The lowest BCUT2D eigenvalue weighted by molar-refractivity contribution is -0.118. The van der Waals surface area contributed by atoms with Crippen LogP contribution >= 0.6 is 7.60 Å². The van der Waals surface area contributed by atoms with Crippen molar-refractivity contribution in [1.29, 1.82) is 0 Å². The second-order valence-electron chi connectivity index (χ2n) is 8.89. The van der Waals surface area contributed by atoms with E-state index < -0.39 is 30.8 Å². The molecule has 0 aliphatic heterocycles. The Morgan fingerprint density at radius 3 is 2.09 bits per heavy atom. The molecule has 9 heteroatoms. The summed E-state index contributed by atoms with van der Waals surface area (Å²) in [6.45, 7) is 4.32. The molecule has 5 N–H and O–H groups in total. The van der Waals surface area contributed by atoms with Gasteiger partial charge in [0.1, 0.15) is 5.28 Å². The van der Waals surface area contributed by atoms with E-state index in [-0.39, 0.29) is 12.0 Å². The molecule has 0 saturated heterocycles. The van der Waals surface area contributed by atoms with Gasteiger partial charge in [-0.15, -0.1) is 0 Å². The molecule has 0 aromatic heterocycles. The second kappa shape index (κ2) is 10.5. The van der Waals surface area contributed by atoms with Crippen molar-refractivity contribution in [2.75, 3.05) is 5.32 Å². The van der Waals surface area contributed by atoms with Crippen molar-refractivity contribution in [2.45, 2.75) is 38.5 Å². The number of carbonyl (C=O) groups is 2. The van der Waals surface area contributed by atoms with Crippen LogP contribution in [0.15, 0.2) is 72.8 Å². The molecule has 0 bridgehead atoms. The maximum Gasteiger partial charge on any atom is 0.344 e. The number of nitrogens with one attached hydrogen (secondary N) is 2. The van der Waals surface area contributed by atoms with Crippen molar-refractivity contribution >= 4 is 25.2 Å². The van der Waals surface area contributed by atoms with Crippen LogP contribution in [-0.4, -0.2) is 38.1 Å². The molecule has 3 rings (SSSR count). The van der Waals surface area contributed by atoms with Gasteiger partial charge in [0.2, 0.25) is 5.91 Å². The van der Waals surface area contributed by atoms with Gasteiger partial charge in [0.25, 0.3) is 0 Å². The highest BCUT2D eigenvalue weighted by molar-refractivity contribution is 7.53. The Hall–Kier alpha value is -3.29. The van der Waals surface area contributed by atoms with Crippen LogP contribution in [0.1, 0.15) is 35.3 Å². The molecule has 0 fully saturated rings. The number of hydrogen-bond donors (Lipinski definition) is 5. The van der Waals surface area contributed by atoms with Crippen LogP contribution in [0.5, 0.6) is 0 Å². The van der Waals surface area contributed by atoms with E-state index >= 15 is 0 Å². The van der Waals surface area contributed by atoms with Gasteiger partial charge in [-0.05, 0) is 67.6 Å². The Morgan fingerprint density at radius 2 is 1.54 bits per heavy atom. The van der Waals surface area contributed by atoms with Gasteiger partial charge in [-0.25, -0.2) is 4.79 Å². The lowest BCUT2D eigenvalue weighted by atomic mass is 10.00. The molecule has 0 aliphatic rings. The predicted octanol–water partition coefficient (Wildman–Crippen LogP) is 4.41. The number of aryl methyl sites for hydroxylation is 1. The number of hydrogen-bond acceptors (Lipinski definition) is 4. The Labute approximate surface area is 204 Å². The maximum absolute atomic E-state index is 13.2. The Balaban J connectivity index is 1.85. The number of anilines is 1. The minimum atomic E-state index is -4.58. The van der Waals surface area contributed by atoms with Crippen molar-refractivity contribution in [3.05, 3.63) is 89.5 Å². The molecule has 3 aromatic carbocycles. The monoisotopic (exact) mass is 496 g/mol. The number of aromatic carboxylic acids is 1. The Kier molecular flexibility index (Phi) is 7.93. The Bertz CT molecular complexity index is 1250. The van der Waals surface area contributed by atoms with Crippen LogP contribution in [0.2, 0.25) is 0 Å². The number of amides is 1. The normalized spacial score (nSPS) is 12.7. The Morgan fingerprint density at radius 1 is 0.943 bits per heavy atom. The SMILES string of the molecule is Cc1cc(NC(=O)C(Cc2ccc(-c3ccccc3)cc2)NC(C)(C)P(=O)(O)O)ccc1C(=O)O. The molecular weight excluding hydrogens is 467 g/mol. The minimum Gasteiger partial charge on any atom is -0.478 e. The lowest BCUT2D eigenvalue weighted by Gasteiger charge is -2.32. The van der Waals surface area contributed by atoms with Crippen LogP contribution in [0.3, 0.4) is 0 Å². The summed E-state index contributed by atoms with van der Waals surface area (Å²) in [4.78, 5) is 44.0. The van der Waals surface area contributed by atoms with Crippen LogP contribution < -0.4 is 10.6 Å². The fourth-order valence-corrected chi connectivity index (χ4v) is 3.95. The molecule has 0 aliphatic carbocycles. The lowest BCUT2D eigenvalue weighted by Crippen LogP contribution is -2.52. The third kappa shape index (κ3) is 6.65. The minimum absolute atomic E-state index is 0.124. The molecule has 1 amide bonds. The van der Waals surface area contributed by atoms with E-state index in [0.29, 0.717) is 11.3 Å². The quantitative estimate of drug-likeness (QED) is 0.277. The summed E-state index contributed by atoms with van der Waals surface area (Å²) in [5.41, 5.74) is 3.85. The summed E-state index contributed by atoms with van der Waals surface area (Å²) in [5.74, 6) is -1.57. The molecule has 0 radical (unpaired) electrons. The van der Waals surface area contributed by atoms with Crippen LogP contribution in [0.4, 0.5) is 5.69 Å². The van der Waals surface area contributed by atoms with E-state index in [1.54, 1.807) is 13.0 Å². The summed E-state index contributed by atoms with van der Waals surface area (Å²) in [6, 6.07) is 20.9. The third-order valence-corrected chi connectivity index (χ3v) is 7.38. The number of carbonyl (C=O) groups excluding carboxylic acids is 1. The molecule has 184 valence electrons. The van der Waals surface area contributed by atoms with Gasteiger partial charge >= 0.3 is 13.6 Å². The zero-order chi connectivity index (χ0) is 25.8. The van der Waals surface area contributed by atoms with E-state index in [2.05, 4.69) is 10.6 Å². The molecule has 1 unspecified atom stereocenters. The highest BCUT2D eigenvalue weighted by Gasteiger charge is 2.40. The molecular formula is C26H29N2O6P. The van der Waals surface area contributed by atoms with Gasteiger partial charge in [-0.1, -0.05) is 54.6 Å². The van der Waals surface area contributed by atoms with E-state index in [4.69, 9.17) is 0 Å². The highest BCUT2D eigenvalue weighted by atomic mass is 31.2. The first kappa shape index (κ1) is 26.3. The van der Waals surface area contributed by atoms with E-state index in [0.717, 1.165) is 16.7 Å². The van der Waals surface area contributed by atoms with Gasteiger partial charge < -0.3 is 20.2 Å². The standard InChI is InChI=1S/C26H29N2O6P/c1-17-15-21(13-14-22(17)25(30)31)27-24(29)23(28-26(2,3)35(32,33)34)16-18-9-11-20(12-10-18)19-7-5-4-6-8-19/h4-15,23,28H,16H2,1-3H3,(H,27,29)(H,30,31)(H2,32,33,34). The number of rotatable bonds is 9. The molecule has 1 atom stereocenters. The topological polar surface area (TPSA) is 136 Å². The summed E-state index contributed by atoms with van der Waals surface area (Å²) >= 11 is 0. The first-order valence-corrected chi connectivity index (χ1v) is 12.6. The zero-order valence-electron chi connectivity index (χ0n) is 19.7. The van der Waals surface area contributed by atoms with Crippen LogP contribution in [0.25, 0.3) is 11.1 Å².